The molecular weight excluding hydrogens is 219 g/mol. The van der Waals surface area contributed by atoms with Crippen LogP contribution in [0.25, 0.3) is 11.1 Å². The molecule has 0 aliphatic rings. The Kier molecular flexibility index (Phi) is 3.01. The van der Waals surface area contributed by atoms with Gasteiger partial charge in [0.2, 0.25) is 0 Å². The first-order valence-corrected chi connectivity index (χ1v) is 5.05. The number of benzene rings is 1. The van der Waals surface area contributed by atoms with Crippen molar-refractivity contribution >= 4 is 0 Å². The third-order valence-corrected chi connectivity index (χ3v) is 2.41. The average Bonchev–Trinajstić information content (AvgIpc) is 2.32. The topological polar surface area (TPSA) is 56.6 Å². The fourth-order valence-electron chi connectivity index (χ4n) is 1.58. The summed E-state index contributed by atoms with van der Waals surface area (Å²) < 4.78 is 13.1. The van der Waals surface area contributed by atoms with Crippen molar-refractivity contribution in [3.63, 3.8) is 0 Å². The van der Waals surface area contributed by atoms with Crippen LogP contribution in [0.2, 0.25) is 0 Å². The Bertz CT molecular complexity index is 640. The zero-order chi connectivity index (χ0) is 12.3. The predicted molar refractivity (Wildman–Crippen MR) is 61.8 cm³/mol. The Labute approximate surface area is 97.2 Å². The van der Waals surface area contributed by atoms with Crippen molar-refractivity contribution < 1.29 is 4.39 Å². The number of nitrogens with one attached hydrogen (secondary N) is 1. The van der Waals surface area contributed by atoms with Crippen molar-refractivity contribution in [3.8, 4) is 17.2 Å². The molecule has 1 aromatic heterocycles. The fourth-order valence-corrected chi connectivity index (χ4v) is 1.58. The summed E-state index contributed by atoms with van der Waals surface area (Å²) in [7, 11) is 0. The van der Waals surface area contributed by atoms with Crippen molar-refractivity contribution in [1.29, 1.82) is 5.26 Å². The largest absolute Gasteiger partial charge is 0.328 e. The number of rotatable bonds is 2. The van der Waals surface area contributed by atoms with E-state index in [2.05, 4.69) is 4.98 Å². The van der Waals surface area contributed by atoms with Gasteiger partial charge in [0.05, 0.1) is 12.5 Å². The quantitative estimate of drug-likeness (QED) is 0.857. The highest BCUT2D eigenvalue weighted by molar-refractivity contribution is 5.63. The second-order valence-corrected chi connectivity index (χ2v) is 3.59. The third-order valence-electron chi connectivity index (χ3n) is 2.41. The number of nitriles is 1. The number of aromatic nitrogens is 1. The maximum atomic E-state index is 13.1. The van der Waals surface area contributed by atoms with Crippen LogP contribution in [0, 0.1) is 17.1 Å². The van der Waals surface area contributed by atoms with Crippen molar-refractivity contribution in [2.45, 2.75) is 6.42 Å². The Morgan fingerprint density at radius 2 is 2.12 bits per heavy atom. The highest BCUT2D eigenvalue weighted by atomic mass is 19.1. The first-order chi connectivity index (χ1) is 8.20. The Balaban J connectivity index is 2.50. The van der Waals surface area contributed by atoms with Gasteiger partial charge in [0, 0.05) is 11.8 Å². The van der Waals surface area contributed by atoms with Gasteiger partial charge in [0.1, 0.15) is 5.82 Å². The molecule has 0 aliphatic heterocycles. The Hall–Kier alpha value is -2.41. The van der Waals surface area contributed by atoms with E-state index in [0.717, 1.165) is 0 Å². The zero-order valence-corrected chi connectivity index (χ0v) is 8.90. The Morgan fingerprint density at radius 3 is 2.82 bits per heavy atom. The van der Waals surface area contributed by atoms with E-state index in [1.165, 1.54) is 18.3 Å². The van der Waals surface area contributed by atoms with E-state index in [4.69, 9.17) is 5.26 Å². The monoisotopic (exact) mass is 228 g/mol. The van der Waals surface area contributed by atoms with Crippen LogP contribution >= 0.6 is 0 Å². The molecule has 2 aromatic rings. The van der Waals surface area contributed by atoms with Crippen molar-refractivity contribution in [2.24, 2.45) is 0 Å². The molecule has 0 atom stereocenters. The molecule has 1 N–H and O–H groups in total. The van der Waals surface area contributed by atoms with E-state index in [1.54, 1.807) is 18.2 Å². The van der Waals surface area contributed by atoms with Crippen LogP contribution in [0.4, 0.5) is 4.39 Å². The van der Waals surface area contributed by atoms with Gasteiger partial charge in [-0.15, -0.1) is 0 Å². The van der Waals surface area contributed by atoms with Gasteiger partial charge in [0.25, 0.3) is 5.56 Å². The maximum Gasteiger partial charge on any atom is 0.252 e. The molecule has 0 saturated carbocycles. The lowest BCUT2D eigenvalue weighted by Crippen LogP contribution is -2.11. The van der Waals surface area contributed by atoms with E-state index in [9.17, 15) is 9.18 Å². The van der Waals surface area contributed by atoms with E-state index in [-0.39, 0.29) is 17.8 Å². The van der Waals surface area contributed by atoms with Crippen LogP contribution in [0.5, 0.6) is 0 Å². The molecular formula is C13H9FN2O. The summed E-state index contributed by atoms with van der Waals surface area (Å²) in [6.45, 7) is 0. The summed E-state index contributed by atoms with van der Waals surface area (Å²) in [5.41, 5.74) is 1.45. The number of H-pyrrole nitrogens is 1. The summed E-state index contributed by atoms with van der Waals surface area (Å²) in [4.78, 5) is 13.9. The minimum atomic E-state index is -0.337. The molecule has 0 fully saturated rings. The summed E-state index contributed by atoms with van der Waals surface area (Å²) in [6, 6.07) is 9.60. The predicted octanol–water partition coefficient (Wildman–Crippen LogP) is 2.25. The molecule has 84 valence electrons. The number of pyridine rings is 1. The molecule has 0 amide bonds. The molecule has 0 radical (unpaired) electrons. The standard InChI is InChI=1S/C13H9FN2O/c14-12-3-1-2-9(7-12)11-6-10(4-5-15)13(17)16-8-11/h1-3,6-8H,4H2,(H,16,17). The number of aromatic amines is 1. The number of hydrogen-bond donors (Lipinski definition) is 1. The van der Waals surface area contributed by atoms with Crippen LogP contribution in [-0.2, 0) is 6.42 Å². The fraction of sp³-hybridized carbons (Fsp3) is 0.0769. The summed E-state index contributed by atoms with van der Waals surface area (Å²) in [5.74, 6) is -0.337. The molecule has 0 unspecified atom stereocenters. The minimum Gasteiger partial charge on any atom is -0.328 e. The molecule has 3 nitrogen and oxygen atoms in total. The lowest BCUT2D eigenvalue weighted by atomic mass is 10.1. The van der Waals surface area contributed by atoms with E-state index in [1.807, 2.05) is 6.07 Å². The lowest BCUT2D eigenvalue weighted by molar-refractivity contribution is 0.628. The van der Waals surface area contributed by atoms with Gasteiger partial charge in [-0.25, -0.2) is 4.39 Å². The number of nitrogens with zero attached hydrogens (tertiary/aromatic N) is 1. The first kappa shape index (κ1) is 11.1. The van der Waals surface area contributed by atoms with Gasteiger partial charge < -0.3 is 4.98 Å². The average molecular weight is 228 g/mol. The van der Waals surface area contributed by atoms with Crippen LogP contribution < -0.4 is 5.56 Å². The smallest absolute Gasteiger partial charge is 0.252 e. The molecule has 17 heavy (non-hydrogen) atoms. The van der Waals surface area contributed by atoms with E-state index >= 15 is 0 Å². The summed E-state index contributed by atoms with van der Waals surface area (Å²) in [6.07, 6.45) is 1.55. The van der Waals surface area contributed by atoms with Crippen molar-refractivity contribution in [2.75, 3.05) is 0 Å². The molecule has 0 saturated heterocycles. The minimum absolute atomic E-state index is 0.0402. The van der Waals surface area contributed by atoms with Crippen molar-refractivity contribution in [1.82, 2.24) is 4.98 Å². The van der Waals surface area contributed by atoms with Gasteiger partial charge in [0.15, 0.2) is 0 Å². The van der Waals surface area contributed by atoms with Gasteiger partial charge in [-0.05, 0) is 29.3 Å². The summed E-state index contributed by atoms with van der Waals surface area (Å²) in [5, 5.41) is 8.59. The molecule has 4 heteroatoms. The number of halogens is 1. The van der Waals surface area contributed by atoms with Gasteiger partial charge in [-0.3, -0.25) is 4.79 Å². The summed E-state index contributed by atoms with van der Waals surface area (Å²) >= 11 is 0. The zero-order valence-electron chi connectivity index (χ0n) is 8.90. The first-order valence-electron chi connectivity index (χ1n) is 5.05. The normalized spacial score (nSPS) is 9.88. The Morgan fingerprint density at radius 1 is 1.29 bits per heavy atom. The molecule has 2 rings (SSSR count). The number of hydrogen-bond acceptors (Lipinski definition) is 2. The highest BCUT2D eigenvalue weighted by Gasteiger charge is 2.04. The molecule has 1 heterocycles. The SMILES string of the molecule is N#CCc1cc(-c2cccc(F)c2)c[nH]c1=O. The van der Waals surface area contributed by atoms with E-state index < -0.39 is 0 Å². The van der Waals surface area contributed by atoms with Crippen LogP contribution in [0.3, 0.4) is 0 Å². The van der Waals surface area contributed by atoms with Gasteiger partial charge in [-0.1, -0.05) is 12.1 Å². The van der Waals surface area contributed by atoms with Gasteiger partial charge >= 0.3 is 0 Å². The second kappa shape index (κ2) is 4.62. The third kappa shape index (κ3) is 2.40. The van der Waals surface area contributed by atoms with Crippen LogP contribution in [0.1, 0.15) is 5.56 Å². The molecule has 0 spiro atoms. The van der Waals surface area contributed by atoms with Crippen LogP contribution in [0.15, 0.2) is 41.3 Å². The highest BCUT2D eigenvalue weighted by Crippen LogP contribution is 2.19. The maximum absolute atomic E-state index is 13.1. The molecule has 1 aromatic carbocycles. The second-order valence-electron chi connectivity index (χ2n) is 3.59. The van der Waals surface area contributed by atoms with E-state index in [0.29, 0.717) is 16.7 Å². The molecule has 0 bridgehead atoms. The van der Waals surface area contributed by atoms with Gasteiger partial charge in [-0.2, -0.15) is 5.26 Å². The van der Waals surface area contributed by atoms with Crippen molar-refractivity contribution in [3.05, 3.63) is 58.3 Å². The van der Waals surface area contributed by atoms with Crippen LogP contribution in [-0.4, -0.2) is 4.98 Å². The molecule has 0 aliphatic carbocycles. The lowest BCUT2D eigenvalue weighted by Gasteiger charge is -2.03.